The van der Waals surface area contributed by atoms with Crippen molar-refractivity contribution < 1.29 is 19.4 Å². The van der Waals surface area contributed by atoms with Gasteiger partial charge in [0.05, 0.1) is 19.1 Å². The number of urea groups is 1. The molecular formula is C7H12N2O4. The molecule has 1 atom stereocenters. The van der Waals surface area contributed by atoms with Crippen molar-refractivity contribution >= 4 is 12.0 Å². The Morgan fingerprint density at radius 3 is 2.85 bits per heavy atom. The second-order valence-electron chi connectivity index (χ2n) is 2.87. The zero-order valence-corrected chi connectivity index (χ0v) is 7.10. The van der Waals surface area contributed by atoms with E-state index in [4.69, 9.17) is 15.6 Å². The third-order valence-electron chi connectivity index (χ3n) is 1.85. The molecule has 3 N–H and O–H groups in total. The molecule has 0 radical (unpaired) electrons. The minimum atomic E-state index is -0.934. The van der Waals surface area contributed by atoms with Gasteiger partial charge < -0.3 is 20.5 Å². The Labute approximate surface area is 75.3 Å². The number of primary amides is 1. The summed E-state index contributed by atoms with van der Waals surface area (Å²) in [5, 5.41) is 8.48. The van der Waals surface area contributed by atoms with Gasteiger partial charge in [-0.05, 0) is 0 Å². The van der Waals surface area contributed by atoms with Gasteiger partial charge in [-0.2, -0.15) is 0 Å². The molecular weight excluding hydrogens is 176 g/mol. The van der Waals surface area contributed by atoms with E-state index in [-0.39, 0.29) is 13.0 Å². The Hall–Kier alpha value is -1.30. The average molecular weight is 188 g/mol. The SMILES string of the molecule is NC(=O)N1CCOC(CC(=O)O)C1. The summed E-state index contributed by atoms with van der Waals surface area (Å²) in [4.78, 5) is 22.4. The van der Waals surface area contributed by atoms with E-state index < -0.39 is 18.1 Å². The standard InChI is InChI=1S/C7H12N2O4/c8-7(12)9-1-2-13-5(4-9)3-6(10)11/h5H,1-4H2,(H2,8,12)(H,10,11). The number of amides is 2. The topological polar surface area (TPSA) is 92.9 Å². The van der Waals surface area contributed by atoms with Crippen molar-refractivity contribution in [3.05, 3.63) is 0 Å². The number of hydrogen-bond donors (Lipinski definition) is 2. The van der Waals surface area contributed by atoms with Gasteiger partial charge in [0.15, 0.2) is 0 Å². The molecule has 1 aliphatic rings. The molecule has 0 bridgehead atoms. The summed E-state index contributed by atoms with van der Waals surface area (Å²) in [7, 11) is 0. The number of hydrogen-bond acceptors (Lipinski definition) is 3. The third kappa shape index (κ3) is 2.90. The summed E-state index contributed by atoms with van der Waals surface area (Å²) in [6.45, 7) is 1.05. The highest BCUT2D eigenvalue weighted by molar-refractivity contribution is 5.72. The second-order valence-corrected chi connectivity index (χ2v) is 2.87. The molecule has 0 aromatic heterocycles. The van der Waals surface area contributed by atoms with Crippen molar-refractivity contribution in [3.63, 3.8) is 0 Å². The van der Waals surface area contributed by atoms with Crippen molar-refractivity contribution in [3.8, 4) is 0 Å². The van der Waals surface area contributed by atoms with E-state index in [0.29, 0.717) is 13.2 Å². The lowest BCUT2D eigenvalue weighted by Crippen LogP contribution is -2.48. The van der Waals surface area contributed by atoms with Crippen LogP contribution in [0, 0.1) is 0 Å². The maximum Gasteiger partial charge on any atom is 0.314 e. The molecule has 2 amide bonds. The van der Waals surface area contributed by atoms with Crippen molar-refractivity contribution in [1.82, 2.24) is 4.90 Å². The Bertz CT molecular complexity index is 219. The number of carboxylic acids is 1. The Balaban J connectivity index is 2.41. The van der Waals surface area contributed by atoms with Crippen LogP contribution in [-0.2, 0) is 9.53 Å². The van der Waals surface area contributed by atoms with E-state index in [1.54, 1.807) is 0 Å². The van der Waals surface area contributed by atoms with Crippen LogP contribution in [0.4, 0.5) is 4.79 Å². The van der Waals surface area contributed by atoms with Crippen molar-refractivity contribution in [2.45, 2.75) is 12.5 Å². The highest BCUT2D eigenvalue weighted by atomic mass is 16.5. The van der Waals surface area contributed by atoms with Gasteiger partial charge in [-0.3, -0.25) is 4.79 Å². The number of carbonyl (C=O) groups excluding carboxylic acids is 1. The van der Waals surface area contributed by atoms with Gasteiger partial charge in [0, 0.05) is 13.1 Å². The van der Waals surface area contributed by atoms with E-state index in [1.807, 2.05) is 0 Å². The summed E-state index contributed by atoms with van der Waals surface area (Å²) < 4.78 is 5.14. The molecule has 0 aromatic carbocycles. The first-order valence-corrected chi connectivity index (χ1v) is 3.97. The van der Waals surface area contributed by atoms with Crippen molar-refractivity contribution in [1.29, 1.82) is 0 Å². The number of rotatable bonds is 2. The molecule has 74 valence electrons. The number of morpholine rings is 1. The molecule has 1 saturated heterocycles. The molecule has 13 heavy (non-hydrogen) atoms. The highest BCUT2D eigenvalue weighted by Crippen LogP contribution is 2.07. The average Bonchev–Trinajstić information content (AvgIpc) is 2.03. The number of carbonyl (C=O) groups is 2. The maximum absolute atomic E-state index is 10.7. The fourth-order valence-corrected chi connectivity index (χ4v) is 1.24. The summed E-state index contributed by atoms with van der Waals surface area (Å²) in [6.07, 6.45) is -0.525. The molecule has 0 spiro atoms. The van der Waals surface area contributed by atoms with Gasteiger partial charge in [0.25, 0.3) is 0 Å². The summed E-state index contributed by atoms with van der Waals surface area (Å²) in [5.74, 6) is -0.934. The van der Waals surface area contributed by atoms with Crippen LogP contribution in [-0.4, -0.2) is 47.8 Å². The minimum Gasteiger partial charge on any atom is -0.481 e. The van der Waals surface area contributed by atoms with Crippen LogP contribution in [0.5, 0.6) is 0 Å². The summed E-state index contributed by atoms with van der Waals surface area (Å²) >= 11 is 0. The van der Waals surface area contributed by atoms with Gasteiger partial charge in [-0.15, -0.1) is 0 Å². The first-order valence-electron chi connectivity index (χ1n) is 3.97. The summed E-state index contributed by atoms with van der Waals surface area (Å²) in [6, 6.07) is -0.529. The second kappa shape index (κ2) is 4.08. The maximum atomic E-state index is 10.7. The number of carboxylic acid groups (broad SMARTS) is 1. The van der Waals surface area contributed by atoms with E-state index >= 15 is 0 Å². The van der Waals surface area contributed by atoms with Gasteiger partial charge in [0.2, 0.25) is 0 Å². The van der Waals surface area contributed by atoms with Crippen LogP contribution in [0.25, 0.3) is 0 Å². The lowest BCUT2D eigenvalue weighted by Gasteiger charge is -2.30. The molecule has 1 rings (SSSR count). The van der Waals surface area contributed by atoms with Crippen LogP contribution >= 0.6 is 0 Å². The molecule has 1 unspecified atom stereocenters. The minimum absolute atomic E-state index is 0.0935. The fourth-order valence-electron chi connectivity index (χ4n) is 1.24. The van der Waals surface area contributed by atoms with Crippen LogP contribution in [0.3, 0.4) is 0 Å². The van der Waals surface area contributed by atoms with Crippen LogP contribution in [0.1, 0.15) is 6.42 Å². The van der Waals surface area contributed by atoms with Crippen LogP contribution in [0.2, 0.25) is 0 Å². The lowest BCUT2D eigenvalue weighted by molar-refractivity contribution is -0.141. The fraction of sp³-hybridized carbons (Fsp3) is 0.714. The largest absolute Gasteiger partial charge is 0.481 e. The van der Waals surface area contributed by atoms with Crippen molar-refractivity contribution in [2.75, 3.05) is 19.7 Å². The zero-order chi connectivity index (χ0) is 9.84. The third-order valence-corrected chi connectivity index (χ3v) is 1.85. The normalized spacial score (nSPS) is 22.8. The summed E-state index contributed by atoms with van der Waals surface area (Å²) in [5.41, 5.74) is 5.04. The Kier molecular flexibility index (Phi) is 3.07. The molecule has 1 heterocycles. The zero-order valence-electron chi connectivity index (χ0n) is 7.10. The van der Waals surface area contributed by atoms with Crippen LogP contribution in [0.15, 0.2) is 0 Å². The van der Waals surface area contributed by atoms with Crippen LogP contribution < -0.4 is 5.73 Å². The first-order chi connectivity index (χ1) is 6.09. The molecule has 6 heteroatoms. The monoisotopic (exact) mass is 188 g/mol. The number of nitrogens with two attached hydrogens (primary N) is 1. The van der Waals surface area contributed by atoms with E-state index in [0.717, 1.165) is 0 Å². The predicted octanol–water partition coefficient (Wildman–Crippen LogP) is -0.759. The molecule has 6 nitrogen and oxygen atoms in total. The highest BCUT2D eigenvalue weighted by Gasteiger charge is 2.24. The smallest absolute Gasteiger partial charge is 0.314 e. The van der Waals surface area contributed by atoms with E-state index in [1.165, 1.54) is 4.90 Å². The van der Waals surface area contributed by atoms with Gasteiger partial charge in [-0.1, -0.05) is 0 Å². The quantitative estimate of drug-likeness (QED) is 0.595. The Morgan fingerprint density at radius 1 is 1.62 bits per heavy atom. The first kappa shape index (κ1) is 9.79. The number of nitrogens with zero attached hydrogens (tertiary/aromatic N) is 1. The number of ether oxygens (including phenoxy) is 1. The molecule has 1 fully saturated rings. The van der Waals surface area contributed by atoms with Gasteiger partial charge in [0.1, 0.15) is 0 Å². The molecule has 0 saturated carbocycles. The Morgan fingerprint density at radius 2 is 2.31 bits per heavy atom. The van der Waals surface area contributed by atoms with E-state index in [9.17, 15) is 9.59 Å². The van der Waals surface area contributed by atoms with Crippen molar-refractivity contribution in [2.24, 2.45) is 5.73 Å². The predicted molar refractivity (Wildman–Crippen MR) is 43.1 cm³/mol. The number of aliphatic carboxylic acids is 1. The van der Waals surface area contributed by atoms with Gasteiger partial charge in [-0.25, -0.2) is 4.79 Å². The molecule has 1 aliphatic heterocycles. The molecule has 0 aromatic rings. The lowest BCUT2D eigenvalue weighted by atomic mass is 10.2. The molecule has 0 aliphatic carbocycles. The van der Waals surface area contributed by atoms with Gasteiger partial charge >= 0.3 is 12.0 Å². The van der Waals surface area contributed by atoms with E-state index in [2.05, 4.69) is 0 Å².